The molecular formula is C20H31ClN2O3. The summed E-state index contributed by atoms with van der Waals surface area (Å²) in [6.45, 7) is 9.13. The average Bonchev–Trinajstić information content (AvgIpc) is 3.09. The van der Waals surface area contributed by atoms with E-state index in [1.807, 2.05) is 30.0 Å². The highest BCUT2D eigenvalue weighted by Gasteiger charge is 2.38. The minimum atomic E-state index is 0. The van der Waals surface area contributed by atoms with Crippen molar-refractivity contribution in [1.82, 2.24) is 10.2 Å². The maximum Gasteiger partial charge on any atom is 0.253 e. The summed E-state index contributed by atoms with van der Waals surface area (Å²) in [4.78, 5) is 14.9. The summed E-state index contributed by atoms with van der Waals surface area (Å²) in [6.07, 6.45) is 4.38. The van der Waals surface area contributed by atoms with E-state index in [9.17, 15) is 4.79 Å². The van der Waals surface area contributed by atoms with Gasteiger partial charge < -0.3 is 19.7 Å². The van der Waals surface area contributed by atoms with Gasteiger partial charge in [-0.25, -0.2) is 0 Å². The third-order valence-electron chi connectivity index (χ3n) is 5.40. The molecule has 0 saturated carbocycles. The van der Waals surface area contributed by atoms with Crippen molar-refractivity contribution < 1.29 is 14.3 Å². The number of nitrogens with one attached hydrogen (secondary N) is 1. The average molecular weight is 383 g/mol. The number of hydrogen-bond acceptors (Lipinski definition) is 4. The minimum Gasteiger partial charge on any atom is -0.490 e. The van der Waals surface area contributed by atoms with Gasteiger partial charge in [0.05, 0.1) is 13.2 Å². The highest BCUT2D eigenvalue weighted by molar-refractivity contribution is 5.95. The standard InChI is InChI=1S/C20H30N2O3.ClH/c1-3-13-25-17-6-5-16(14-18(17)24-4-2)19(23)22-11-8-20(9-12-22)7-10-21-15-20;/h5-6,14,21H,3-4,7-13,15H2,1-2H3;1H. The Hall–Kier alpha value is -1.46. The predicted molar refractivity (Wildman–Crippen MR) is 106 cm³/mol. The molecule has 1 spiro atoms. The molecule has 1 amide bonds. The predicted octanol–water partition coefficient (Wildman–Crippen LogP) is 3.51. The molecule has 2 heterocycles. The lowest BCUT2D eigenvalue weighted by Crippen LogP contribution is -2.44. The van der Waals surface area contributed by atoms with Crippen LogP contribution in [0.25, 0.3) is 0 Å². The number of ether oxygens (including phenoxy) is 2. The summed E-state index contributed by atoms with van der Waals surface area (Å²) < 4.78 is 11.4. The summed E-state index contributed by atoms with van der Waals surface area (Å²) in [7, 11) is 0. The molecule has 146 valence electrons. The van der Waals surface area contributed by atoms with Gasteiger partial charge in [-0.1, -0.05) is 6.92 Å². The SMILES string of the molecule is CCCOc1ccc(C(=O)N2CCC3(CCNC3)CC2)cc1OCC.Cl. The Balaban J connectivity index is 0.00000243. The highest BCUT2D eigenvalue weighted by Crippen LogP contribution is 2.37. The van der Waals surface area contributed by atoms with Gasteiger partial charge in [0, 0.05) is 25.2 Å². The second-order valence-electron chi connectivity index (χ2n) is 7.16. The Bertz CT molecular complexity index is 593. The van der Waals surface area contributed by atoms with Crippen LogP contribution in [0.2, 0.25) is 0 Å². The van der Waals surface area contributed by atoms with Gasteiger partial charge in [-0.2, -0.15) is 0 Å². The van der Waals surface area contributed by atoms with Crippen molar-refractivity contribution in [2.45, 2.75) is 39.5 Å². The summed E-state index contributed by atoms with van der Waals surface area (Å²) >= 11 is 0. The van der Waals surface area contributed by atoms with Crippen LogP contribution in [0.15, 0.2) is 18.2 Å². The van der Waals surface area contributed by atoms with Gasteiger partial charge >= 0.3 is 0 Å². The first kappa shape index (κ1) is 20.8. The smallest absolute Gasteiger partial charge is 0.253 e. The number of rotatable bonds is 6. The van der Waals surface area contributed by atoms with E-state index in [1.54, 1.807) is 0 Å². The first-order chi connectivity index (χ1) is 12.2. The third kappa shape index (κ3) is 4.63. The fourth-order valence-electron chi connectivity index (χ4n) is 3.83. The van der Waals surface area contributed by atoms with E-state index < -0.39 is 0 Å². The molecule has 0 aliphatic carbocycles. The molecule has 26 heavy (non-hydrogen) atoms. The van der Waals surface area contributed by atoms with E-state index in [2.05, 4.69) is 12.2 Å². The van der Waals surface area contributed by atoms with Crippen LogP contribution in [-0.2, 0) is 0 Å². The van der Waals surface area contributed by atoms with Crippen LogP contribution < -0.4 is 14.8 Å². The van der Waals surface area contributed by atoms with Gasteiger partial charge in [0.2, 0.25) is 0 Å². The number of halogens is 1. The number of carbonyl (C=O) groups is 1. The first-order valence-corrected chi connectivity index (χ1v) is 9.57. The second kappa shape index (κ2) is 9.47. The first-order valence-electron chi connectivity index (χ1n) is 9.57. The lowest BCUT2D eigenvalue weighted by atomic mass is 9.78. The fourth-order valence-corrected chi connectivity index (χ4v) is 3.83. The molecule has 1 N–H and O–H groups in total. The van der Waals surface area contributed by atoms with Crippen molar-refractivity contribution in [2.75, 3.05) is 39.4 Å². The van der Waals surface area contributed by atoms with Crippen molar-refractivity contribution in [3.8, 4) is 11.5 Å². The summed E-state index contributed by atoms with van der Waals surface area (Å²) in [5.41, 5.74) is 1.11. The Labute approximate surface area is 162 Å². The van der Waals surface area contributed by atoms with Crippen molar-refractivity contribution in [3.05, 3.63) is 23.8 Å². The van der Waals surface area contributed by atoms with Crippen LogP contribution in [0.3, 0.4) is 0 Å². The third-order valence-corrected chi connectivity index (χ3v) is 5.40. The Kier molecular flexibility index (Phi) is 7.59. The summed E-state index contributed by atoms with van der Waals surface area (Å²) in [5, 5.41) is 3.47. The van der Waals surface area contributed by atoms with Gasteiger partial charge in [0.25, 0.3) is 5.91 Å². The molecule has 2 aliphatic heterocycles. The Morgan fingerprint density at radius 3 is 2.54 bits per heavy atom. The van der Waals surface area contributed by atoms with Crippen molar-refractivity contribution in [1.29, 1.82) is 0 Å². The molecule has 2 aliphatic rings. The van der Waals surface area contributed by atoms with Gasteiger partial charge in [0.15, 0.2) is 11.5 Å². The molecule has 2 fully saturated rings. The van der Waals surface area contributed by atoms with E-state index in [-0.39, 0.29) is 18.3 Å². The number of benzene rings is 1. The minimum absolute atomic E-state index is 0. The largest absolute Gasteiger partial charge is 0.490 e. The van der Waals surface area contributed by atoms with Gasteiger partial charge in [-0.05, 0) is 62.8 Å². The molecule has 1 aromatic carbocycles. The number of nitrogens with zero attached hydrogens (tertiary/aromatic N) is 1. The molecule has 0 atom stereocenters. The van der Waals surface area contributed by atoms with Gasteiger partial charge in [0.1, 0.15) is 0 Å². The summed E-state index contributed by atoms with van der Waals surface area (Å²) in [5.74, 6) is 1.48. The summed E-state index contributed by atoms with van der Waals surface area (Å²) in [6, 6.07) is 5.55. The lowest BCUT2D eigenvalue weighted by molar-refractivity contribution is 0.0607. The van der Waals surface area contributed by atoms with Gasteiger partial charge in [-0.3, -0.25) is 4.79 Å². The maximum absolute atomic E-state index is 12.9. The Morgan fingerprint density at radius 1 is 1.15 bits per heavy atom. The van der Waals surface area contributed by atoms with E-state index in [4.69, 9.17) is 9.47 Å². The van der Waals surface area contributed by atoms with Crippen LogP contribution in [0, 0.1) is 5.41 Å². The molecule has 0 unspecified atom stereocenters. The number of likely N-dealkylation sites (tertiary alicyclic amines) is 1. The molecule has 3 rings (SSSR count). The quantitative estimate of drug-likeness (QED) is 0.817. The van der Waals surface area contributed by atoms with Crippen molar-refractivity contribution >= 4 is 18.3 Å². The number of piperidine rings is 1. The molecule has 0 radical (unpaired) electrons. The highest BCUT2D eigenvalue weighted by atomic mass is 35.5. The van der Waals surface area contributed by atoms with E-state index >= 15 is 0 Å². The number of carbonyl (C=O) groups excluding carboxylic acids is 1. The monoisotopic (exact) mass is 382 g/mol. The molecule has 5 nitrogen and oxygen atoms in total. The van der Waals surface area contributed by atoms with E-state index in [1.165, 1.54) is 6.42 Å². The van der Waals surface area contributed by atoms with E-state index in [0.717, 1.165) is 51.2 Å². The second-order valence-corrected chi connectivity index (χ2v) is 7.16. The van der Waals surface area contributed by atoms with Crippen LogP contribution in [-0.4, -0.2) is 50.2 Å². The number of hydrogen-bond donors (Lipinski definition) is 1. The molecule has 2 saturated heterocycles. The zero-order valence-corrected chi connectivity index (χ0v) is 16.7. The van der Waals surface area contributed by atoms with E-state index in [0.29, 0.717) is 29.9 Å². The normalized spacial score (nSPS) is 18.5. The molecule has 0 aromatic heterocycles. The fraction of sp³-hybridized carbons (Fsp3) is 0.650. The number of amides is 1. The molecular weight excluding hydrogens is 352 g/mol. The topological polar surface area (TPSA) is 50.8 Å². The zero-order chi connectivity index (χ0) is 17.7. The Morgan fingerprint density at radius 2 is 1.92 bits per heavy atom. The zero-order valence-electron chi connectivity index (χ0n) is 15.9. The molecule has 6 heteroatoms. The van der Waals surface area contributed by atoms with Crippen molar-refractivity contribution in [3.63, 3.8) is 0 Å². The lowest BCUT2D eigenvalue weighted by Gasteiger charge is -2.39. The molecule has 1 aromatic rings. The van der Waals surface area contributed by atoms with Crippen LogP contribution in [0.4, 0.5) is 0 Å². The van der Waals surface area contributed by atoms with Crippen LogP contribution in [0.5, 0.6) is 11.5 Å². The maximum atomic E-state index is 12.9. The van der Waals surface area contributed by atoms with Crippen LogP contribution in [0.1, 0.15) is 49.9 Å². The van der Waals surface area contributed by atoms with Gasteiger partial charge in [-0.15, -0.1) is 12.4 Å². The molecule has 0 bridgehead atoms. The van der Waals surface area contributed by atoms with Crippen LogP contribution >= 0.6 is 12.4 Å². The van der Waals surface area contributed by atoms with Crippen molar-refractivity contribution in [2.24, 2.45) is 5.41 Å².